The van der Waals surface area contributed by atoms with Crippen molar-refractivity contribution < 1.29 is 15.1 Å². The topological polar surface area (TPSA) is 69.6 Å². The largest absolute Gasteiger partial charge is 0.478 e. The summed E-state index contributed by atoms with van der Waals surface area (Å²) in [6, 6.07) is 4.93. The number of carboxylic acids is 1. The van der Waals surface area contributed by atoms with Crippen molar-refractivity contribution in [2.24, 2.45) is 0 Å². The Hall–Kier alpha value is -1.39. The van der Waals surface area contributed by atoms with E-state index in [0.29, 0.717) is 0 Å². The van der Waals surface area contributed by atoms with Crippen LogP contribution >= 0.6 is 0 Å². The quantitative estimate of drug-likeness (QED) is 0.612. The lowest BCUT2D eigenvalue weighted by atomic mass is 10.1. The predicted molar refractivity (Wildman–Crippen MR) is 46.8 cm³/mol. The normalized spacial score (nSPS) is 10.0. The van der Waals surface area contributed by atoms with Gasteiger partial charge in [0.25, 0.3) is 0 Å². The average molecular weight is 181 g/mol. The molecule has 13 heavy (non-hydrogen) atoms. The first-order valence-corrected chi connectivity index (χ1v) is 3.84. The smallest absolute Gasteiger partial charge is 0.335 e. The fourth-order valence-corrected chi connectivity index (χ4v) is 1.18. The molecule has 0 saturated carbocycles. The molecule has 4 heteroatoms. The molecular formula is C9H11NO3. The van der Waals surface area contributed by atoms with E-state index in [0.717, 1.165) is 11.1 Å². The first-order valence-electron chi connectivity index (χ1n) is 3.84. The molecule has 0 aliphatic rings. The number of rotatable bonds is 3. The maximum Gasteiger partial charge on any atom is 0.335 e. The Balaban J connectivity index is 3.03. The molecule has 1 rings (SSSR count). The molecule has 4 nitrogen and oxygen atoms in total. The molecule has 0 spiro atoms. The van der Waals surface area contributed by atoms with E-state index in [1.807, 2.05) is 18.5 Å². The molecule has 1 aromatic carbocycles. The van der Waals surface area contributed by atoms with Gasteiger partial charge < -0.3 is 10.3 Å². The fraction of sp³-hybridized carbons (Fsp3) is 0.222. The number of carboxylic acid groups (broad SMARTS) is 1. The van der Waals surface area contributed by atoms with Gasteiger partial charge in [0, 0.05) is 6.54 Å². The van der Waals surface area contributed by atoms with Crippen molar-refractivity contribution >= 4 is 5.97 Å². The molecule has 0 heterocycles. The second-order valence-corrected chi connectivity index (χ2v) is 2.85. The van der Waals surface area contributed by atoms with Crippen LogP contribution in [0.15, 0.2) is 18.2 Å². The molecule has 0 unspecified atom stereocenters. The number of benzene rings is 1. The van der Waals surface area contributed by atoms with Crippen LogP contribution in [0.3, 0.4) is 0 Å². The lowest BCUT2D eigenvalue weighted by Crippen LogP contribution is -2.07. The summed E-state index contributed by atoms with van der Waals surface area (Å²) in [6.07, 6.45) is 0. The Morgan fingerprint density at radius 2 is 2.15 bits per heavy atom. The van der Waals surface area contributed by atoms with Gasteiger partial charge in [0.15, 0.2) is 0 Å². The van der Waals surface area contributed by atoms with Gasteiger partial charge in [0.1, 0.15) is 0 Å². The SMILES string of the molecule is Cc1cc(CNO)cc(C(=O)O)c1. The predicted octanol–water partition coefficient (Wildman–Crippen LogP) is 1.17. The maximum atomic E-state index is 10.6. The summed E-state index contributed by atoms with van der Waals surface area (Å²) in [5, 5.41) is 17.2. The molecular weight excluding hydrogens is 170 g/mol. The van der Waals surface area contributed by atoms with E-state index in [4.69, 9.17) is 10.3 Å². The molecule has 1 aromatic rings. The Labute approximate surface area is 75.8 Å². The summed E-state index contributed by atoms with van der Waals surface area (Å²) < 4.78 is 0. The zero-order valence-electron chi connectivity index (χ0n) is 7.24. The number of hydrogen-bond donors (Lipinski definition) is 3. The Bertz CT molecular complexity index is 323. The first kappa shape index (κ1) is 9.70. The molecule has 0 radical (unpaired) electrons. The lowest BCUT2D eigenvalue weighted by molar-refractivity contribution is 0.0696. The number of aryl methyl sites for hydroxylation is 1. The third-order valence-electron chi connectivity index (χ3n) is 1.67. The molecule has 3 N–H and O–H groups in total. The number of hydrogen-bond acceptors (Lipinski definition) is 3. The van der Waals surface area contributed by atoms with Gasteiger partial charge in [0.2, 0.25) is 0 Å². The average Bonchev–Trinajstić information content (AvgIpc) is 2.03. The van der Waals surface area contributed by atoms with Crippen molar-refractivity contribution in [3.63, 3.8) is 0 Å². The van der Waals surface area contributed by atoms with Crippen molar-refractivity contribution in [2.45, 2.75) is 13.5 Å². The van der Waals surface area contributed by atoms with Gasteiger partial charge in [-0.1, -0.05) is 6.07 Å². The van der Waals surface area contributed by atoms with Gasteiger partial charge in [-0.3, -0.25) is 0 Å². The zero-order chi connectivity index (χ0) is 9.84. The van der Waals surface area contributed by atoms with E-state index in [-0.39, 0.29) is 12.1 Å². The van der Waals surface area contributed by atoms with Gasteiger partial charge in [-0.05, 0) is 30.2 Å². The van der Waals surface area contributed by atoms with E-state index in [2.05, 4.69) is 0 Å². The zero-order valence-corrected chi connectivity index (χ0v) is 7.24. The van der Waals surface area contributed by atoms with Crippen molar-refractivity contribution in [2.75, 3.05) is 0 Å². The Morgan fingerprint density at radius 3 is 2.69 bits per heavy atom. The van der Waals surface area contributed by atoms with E-state index in [1.165, 1.54) is 6.07 Å². The van der Waals surface area contributed by atoms with Crippen molar-refractivity contribution in [3.8, 4) is 0 Å². The molecule has 0 aliphatic heterocycles. The second kappa shape index (κ2) is 4.02. The van der Waals surface area contributed by atoms with Gasteiger partial charge in [-0.15, -0.1) is 0 Å². The summed E-state index contributed by atoms with van der Waals surface area (Å²) in [5.41, 5.74) is 3.84. The van der Waals surface area contributed by atoms with Crippen molar-refractivity contribution in [3.05, 3.63) is 34.9 Å². The fourth-order valence-electron chi connectivity index (χ4n) is 1.18. The third-order valence-corrected chi connectivity index (χ3v) is 1.67. The van der Waals surface area contributed by atoms with Crippen LogP contribution in [0.25, 0.3) is 0 Å². The molecule has 0 saturated heterocycles. The molecule has 0 bridgehead atoms. The lowest BCUT2D eigenvalue weighted by Gasteiger charge is -2.03. The number of hydroxylamine groups is 1. The van der Waals surface area contributed by atoms with Gasteiger partial charge in [-0.2, -0.15) is 0 Å². The van der Waals surface area contributed by atoms with Crippen LogP contribution in [0, 0.1) is 6.92 Å². The van der Waals surface area contributed by atoms with Crippen LogP contribution in [0.1, 0.15) is 21.5 Å². The maximum absolute atomic E-state index is 10.6. The number of nitrogens with one attached hydrogen (secondary N) is 1. The summed E-state index contributed by atoms with van der Waals surface area (Å²) in [4.78, 5) is 10.6. The van der Waals surface area contributed by atoms with E-state index < -0.39 is 5.97 Å². The minimum absolute atomic E-state index is 0.241. The Morgan fingerprint density at radius 1 is 1.46 bits per heavy atom. The van der Waals surface area contributed by atoms with Gasteiger partial charge in [0.05, 0.1) is 5.56 Å². The summed E-state index contributed by atoms with van der Waals surface area (Å²) in [5.74, 6) is -0.956. The Kier molecular flexibility index (Phi) is 3.00. The van der Waals surface area contributed by atoms with Crippen LogP contribution < -0.4 is 5.48 Å². The van der Waals surface area contributed by atoms with Crippen molar-refractivity contribution in [1.29, 1.82) is 0 Å². The highest BCUT2D eigenvalue weighted by Crippen LogP contribution is 2.09. The molecule has 0 aliphatic carbocycles. The van der Waals surface area contributed by atoms with Crippen molar-refractivity contribution in [1.82, 2.24) is 5.48 Å². The van der Waals surface area contributed by atoms with Crippen LogP contribution in [0.4, 0.5) is 0 Å². The second-order valence-electron chi connectivity index (χ2n) is 2.85. The molecule has 0 amide bonds. The summed E-state index contributed by atoms with van der Waals surface area (Å²) >= 11 is 0. The summed E-state index contributed by atoms with van der Waals surface area (Å²) in [7, 11) is 0. The molecule has 0 fully saturated rings. The van der Waals surface area contributed by atoms with E-state index >= 15 is 0 Å². The highest BCUT2D eigenvalue weighted by atomic mass is 16.5. The van der Waals surface area contributed by atoms with Crippen LogP contribution in [-0.2, 0) is 6.54 Å². The number of aromatic carboxylic acids is 1. The molecule has 0 aromatic heterocycles. The first-order chi connectivity index (χ1) is 6.13. The van der Waals surface area contributed by atoms with Crippen LogP contribution in [0.5, 0.6) is 0 Å². The van der Waals surface area contributed by atoms with Crippen LogP contribution in [-0.4, -0.2) is 16.3 Å². The van der Waals surface area contributed by atoms with E-state index in [1.54, 1.807) is 6.07 Å². The van der Waals surface area contributed by atoms with E-state index in [9.17, 15) is 4.79 Å². The summed E-state index contributed by atoms with van der Waals surface area (Å²) in [6.45, 7) is 2.06. The van der Waals surface area contributed by atoms with Gasteiger partial charge in [-0.25, -0.2) is 10.3 Å². The standard InChI is InChI=1S/C9H11NO3/c1-6-2-7(5-10-13)4-8(3-6)9(11)12/h2-4,10,13H,5H2,1H3,(H,11,12). The molecule has 70 valence electrons. The third kappa shape index (κ3) is 2.54. The monoisotopic (exact) mass is 181 g/mol. The van der Waals surface area contributed by atoms with Crippen LogP contribution in [0.2, 0.25) is 0 Å². The minimum Gasteiger partial charge on any atom is -0.478 e. The van der Waals surface area contributed by atoms with Gasteiger partial charge >= 0.3 is 5.97 Å². The number of carbonyl (C=O) groups is 1. The highest BCUT2D eigenvalue weighted by Gasteiger charge is 2.04. The highest BCUT2D eigenvalue weighted by molar-refractivity contribution is 5.88. The molecule has 0 atom stereocenters. The minimum atomic E-state index is -0.956.